The number of benzene rings is 4. The topological polar surface area (TPSA) is 63.3 Å². The number of fused-ring (bicyclic) bond motifs is 4. The van der Waals surface area contributed by atoms with Crippen LogP contribution in [-0.4, -0.2) is 30.1 Å². The molecule has 4 nitrogen and oxygen atoms in total. The molecule has 4 aromatic carbocycles. The summed E-state index contributed by atoms with van der Waals surface area (Å²) in [5.41, 5.74) is 6.99. The predicted octanol–water partition coefficient (Wildman–Crippen LogP) is 10.0. The number of para-hydroxylation sites is 1. The standard InChI is InChI=1S/C30H24NOSi.C7H9F3O2.Ir/c1-33(2,3)24-14-10-20(11-15-24)22-9-8-21-13-17-27(31-28(21)18-22)23-12-16-26-25-6-4-5-7-29(25)32-30(26)19-23;1-4(2)5(11)3-6(12)7(8,9)10;/h4-11,13-19H,1-3H3;3-4,12H,1-2H3;/q-1;;/b;6-3-;. The first-order valence-electron chi connectivity index (χ1n) is 14.6. The van der Waals surface area contributed by atoms with Gasteiger partial charge in [-0.05, 0) is 39.7 Å². The monoisotopic (exact) mass is 817 g/mol. The number of allylic oxidation sites excluding steroid dienone is 2. The molecule has 0 saturated carbocycles. The largest absolute Gasteiger partial charge is 0.504 e. The number of hydrogen-bond donors (Lipinski definition) is 1. The van der Waals surface area contributed by atoms with E-state index < -0.39 is 31.7 Å². The Bertz CT molecular complexity index is 2040. The summed E-state index contributed by atoms with van der Waals surface area (Å²) >= 11 is 0. The van der Waals surface area contributed by atoms with Crippen LogP contribution in [0.25, 0.3) is 55.2 Å². The van der Waals surface area contributed by atoms with Gasteiger partial charge >= 0.3 is 6.18 Å². The number of rotatable bonds is 5. The van der Waals surface area contributed by atoms with Gasteiger partial charge in [-0.1, -0.05) is 117 Å². The molecule has 0 aliphatic heterocycles. The molecule has 0 fully saturated rings. The molecule has 6 rings (SSSR count). The zero-order valence-corrected chi connectivity index (χ0v) is 29.4. The number of alkyl halides is 3. The molecule has 239 valence electrons. The van der Waals surface area contributed by atoms with Crippen molar-refractivity contribution in [1.29, 1.82) is 0 Å². The fourth-order valence-corrected chi connectivity index (χ4v) is 5.97. The van der Waals surface area contributed by atoms with Crippen molar-refractivity contribution in [3.63, 3.8) is 0 Å². The number of hydrogen-bond acceptors (Lipinski definition) is 4. The zero-order valence-electron chi connectivity index (χ0n) is 26.0. The molecular formula is C37H33F3IrNO3Si-. The van der Waals surface area contributed by atoms with Crippen LogP contribution in [0.15, 0.2) is 107 Å². The quantitative estimate of drug-likeness (QED) is 0.0815. The number of pyridine rings is 1. The van der Waals surface area contributed by atoms with E-state index >= 15 is 0 Å². The van der Waals surface area contributed by atoms with Gasteiger partial charge in [-0.2, -0.15) is 13.2 Å². The number of nitrogens with zero attached hydrogens (tertiary/aromatic N) is 1. The average Bonchev–Trinajstić information content (AvgIpc) is 3.38. The Morgan fingerprint density at radius 1 is 0.891 bits per heavy atom. The molecule has 0 bridgehead atoms. The average molecular weight is 817 g/mol. The fourth-order valence-electron chi connectivity index (χ4n) is 4.80. The van der Waals surface area contributed by atoms with Gasteiger partial charge in [0.15, 0.2) is 5.78 Å². The van der Waals surface area contributed by atoms with E-state index in [9.17, 15) is 18.0 Å². The van der Waals surface area contributed by atoms with Crippen molar-refractivity contribution < 1.29 is 47.6 Å². The summed E-state index contributed by atoms with van der Waals surface area (Å²) < 4.78 is 40.9. The van der Waals surface area contributed by atoms with Crippen LogP contribution in [0.3, 0.4) is 0 Å². The number of aromatic nitrogens is 1. The number of aliphatic hydroxyl groups excluding tert-OH is 1. The van der Waals surface area contributed by atoms with Crippen LogP contribution in [0, 0.1) is 12.0 Å². The summed E-state index contributed by atoms with van der Waals surface area (Å²) in [6, 6.07) is 35.3. The number of carbonyl (C=O) groups excluding carboxylic acids is 1. The second-order valence-corrected chi connectivity index (χ2v) is 17.3. The van der Waals surface area contributed by atoms with Crippen molar-refractivity contribution >= 4 is 51.9 Å². The number of furan rings is 1. The van der Waals surface area contributed by atoms with E-state index in [0.717, 1.165) is 44.1 Å². The molecule has 0 aliphatic rings. The Kier molecular flexibility index (Phi) is 10.4. The summed E-state index contributed by atoms with van der Waals surface area (Å²) in [6.07, 6.45) is -4.63. The maximum absolute atomic E-state index is 11.6. The van der Waals surface area contributed by atoms with Gasteiger partial charge in [0.05, 0.1) is 19.2 Å². The SMILES string of the molecule is CC(C)C(=O)/C=C(\O)C(F)(F)F.C[Si](C)(C)c1ccc(-c2ccc3ccc(-c4[c-]cc5c(c4)oc4ccccc45)nc3c2)cc1.[Ir]. The molecular weight excluding hydrogens is 784 g/mol. The molecule has 6 aromatic rings. The summed E-state index contributed by atoms with van der Waals surface area (Å²) in [4.78, 5) is 15.6. The molecule has 0 unspecified atom stereocenters. The Morgan fingerprint density at radius 3 is 2.20 bits per heavy atom. The van der Waals surface area contributed by atoms with Crippen LogP contribution in [0.5, 0.6) is 0 Å². The zero-order chi connectivity index (χ0) is 32.5. The van der Waals surface area contributed by atoms with Gasteiger partial charge in [0.2, 0.25) is 5.76 Å². The van der Waals surface area contributed by atoms with E-state index in [-0.39, 0.29) is 26.2 Å². The minimum absolute atomic E-state index is 0. The maximum atomic E-state index is 11.6. The minimum atomic E-state index is -4.83. The third-order valence-electron chi connectivity index (χ3n) is 7.50. The summed E-state index contributed by atoms with van der Waals surface area (Å²) in [5, 5.41) is 13.1. The van der Waals surface area contributed by atoms with Gasteiger partial charge in [-0.15, -0.1) is 17.7 Å². The third kappa shape index (κ3) is 7.84. The third-order valence-corrected chi connectivity index (χ3v) is 9.57. The molecule has 46 heavy (non-hydrogen) atoms. The molecule has 0 amide bonds. The van der Waals surface area contributed by atoms with E-state index in [2.05, 4.69) is 86.4 Å². The van der Waals surface area contributed by atoms with Gasteiger partial charge in [0.25, 0.3) is 0 Å². The van der Waals surface area contributed by atoms with E-state index in [1.807, 2.05) is 30.3 Å². The fraction of sp³-hybridized carbons (Fsp3) is 0.189. The van der Waals surface area contributed by atoms with Crippen molar-refractivity contribution in [2.45, 2.75) is 39.7 Å². The van der Waals surface area contributed by atoms with Gasteiger partial charge < -0.3 is 9.52 Å². The van der Waals surface area contributed by atoms with Crippen LogP contribution in [-0.2, 0) is 24.9 Å². The van der Waals surface area contributed by atoms with Crippen molar-refractivity contribution in [1.82, 2.24) is 4.98 Å². The van der Waals surface area contributed by atoms with Gasteiger partial charge in [0, 0.05) is 32.1 Å². The van der Waals surface area contributed by atoms with E-state index in [4.69, 9.17) is 14.5 Å². The summed E-state index contributed by atoms with van der Waals surface area (Å²) in [6.45, 7) is 10.0. The van der Waals surface area contributed by atoms with Crippen molar-refractivity contribution in [3.8, 4) is 22.4 Å². The predicted molar refractivity (Wildman–Crippen MR) is 178 cm³/mol. The summed E-state index contributed by atoms with van der Waals surface area (Å²) in [5.74, 6) is -3.14. The van der Waals surface area contributed by atoms with Crippen LogP contribution < -0.4 is 5.19 Å². The molecule has 1 N–H and O–H groups in total. The maximum Gasteiger partial charge on any atom is 0.448 e. The normalized spacial score (nSPS) is 12.2. The summed E-state index contributed by atoms with van der Waals surface area (Å²) in [7, 11) is -1.30. The van der Waals surface area contributed by atoms with Crippen LogP contribution in [0.2, 0.25) is 19.6 Å². The number of carbonyl (C=O) groups is 1. The van der Waals surface area contributed by atoms with E-state index in [0.29, 0.717) is 0 Å². The van der Waals surface area contributed by atoms with Gasteiger partial charge in [-0.25, -0.2) is 0 Å². The molecule has 0 atom stereocenters. The number of halogens is 3. The van der Waals surface area contributed by atoms with Crippen molar-refractivity contribution in [3.05, 3.63) is 109 Å². The first kappa shape index (κ1) is 34.8. The molecule has 1 radical (unpaired) electrons. The van der Waals surface area contributed by atoms with Gasteiger partial charge in [-0.3, -0.25) is 9.78 Å². The van der Waals surface area contributed by atoms with Gasteiger partial charge in [0.1, 0.15) is 5.58 Å². The number of ketones is 1. The Morgan fingerprint density at radius 2 is 1.54 bits per heavy atom. The molecule has 2 heterocycles. The van der Waals surface area contributed by atoms with Crippen molar-refractivity contribution in [2.24, 2.45) is 5.92 Å². The van der Waals surface area contributed by atoms with Crippen LogP contribution in [0.1, 0.15) is 13.8 Å². The second-order valence-electron chi connectivity index (χ2n) is 12.2. The Balaban J connectivity index is 0.000000318. The first-order chi connectivity index (χ1) is 21.2. The minimum Gasteiger partial charge on any atom is -0.504 e. The van der Waals surface area contributed by atoms with Crippen LogP contribution >= 0.6 is 0 Å². The first-order valence-corrected chi connectivity index (χ1v) is 18.1. The Hall–Kier alpha value is -4.04. The second kappa shape index (κ2) is 13.8. The Labute approximate surface area is 280 Å². The van der Waals surface area contributed by atoms with Crippen LogP contribution in [0.4, 0.5) is 13.2 Å². The van der Waals surface area contributed by atoms with Crippen molar-refractivity contribution in [2.75, 3.05) is 0 Å². The smallest absolute Gasteiger partial charge is 0.448 e. The molecule has 2 aromatic heterocycles. The molecule has 9 heteroatoms. The van der Waals surface area contributed by atoms with E-state index in [1.54, 1.807) is 0 Å². The molecule has 0 aliphatic carbocycles. The number of aliphatic hydroxyl groups is 1. The molecule has 0 spiro atoms. The van der Waals surface area contributed by atoms with E-state index in [1.165, 1.54) is 30.2 Å². The molecule has 0 saturated heterocycles.